The number of amides is 2. The molecule has 2 amide bonds. The standard InChI is InChI=1S/C16H22N2O3/c1-16(2,3)12-6-4-5-7-13(12)17-14(20)15(21)18-9-8-11(19)10-18/h4-7,11,19H,8-10H2,1-3H3,(H,17,20)/t11-/m1/s1. The van der Waals surface area contributed by atoms with Crippen LogP contribution in [-0.4, -0.2) is 41.0 Å². The lowest BCUT2D eigenvalue weighted by Crippen LogP contribution is -2.39. The first-order chi connectivity index (χ1) is 9.79. The molecule has 1 aliphatic rings. The summed E-state index contributed by atoms with van der Waals surface area (Å²) in [7, 11) is 0. The van der Waals surface area contributed by atoms with Crippen molar-refractivity contribution < 1.29 is 14.7 Å². The summed E-state index contributed by atoms with van der Waals surface area (Å²) in [5.74, 6) is -1.24. The summed E-state index contributed by atoms with van der Waals surface area (Å²) < 4.78 is 0. The second-order valence-electron chi connectivity index (χ2n) is 6.44. The largest absolute Gasteiger partial charge is 0.391 e. The highest BCUT2D eigenvalue weighted by atomic mass is 16.3. The minimum Gasteiger partial charge on any atom is -0.391 e. The Morgan fingerprint density at radius 2 is 1.95 bits per heavy atom. The van der Waals surface area contributed by atoms with Crippen molar-refractivity contribution in [1.82, 2.24) is 4.90 Å². The summed E-state index contributed by atoms with van der Waals surface area (Å²) >= 11 is 0. The molecule has 1 aromatic rings. The minimum absolute atomic E-state index is 0.128. The number of nitrogens with one attached hydrogen (secondary N) is 1. The molecule has 1 atom stereocenters. The molecule has 21 heavy (non-hydrogen) atoms. The number of aliphatic hydroxyl groups is 1. The van der Waals surface area contributed by atoms with Gasteiger partial charge in [0.05, 0.1) is 6.10 Å². The Morgan fingerprint density at radius 1 is 1.29 bits per heavy atom. The van der Waals surface area contributed by atoms with Crippen LogP contribution in [0.2, 0.25) is 0 Å². The number of carbonyl (C=O) groups is 2. The van der Waals surface area contributed by atoms with E-state index in [9.17, 15) is 14.7 Å². The predicted octanol–water partition coefficient (Wildman–Crippen LogP) is 1.52. The maximum absolute atomic E-state index is 12.1. The van der Waals surface area contributed by atoms with Gasteiger partial charge in [0.25, 0.3) is 0 Å². The summed E-state index contributed by atoms with van der Waals surface area (Å²) in [6.45, 7) is 6.81. The van der Waals surface area contributed by atoms with Crippen LogP contribution in [-0.2, 0) is 15.0 Å². The fraction of sp³-hybridized carbons (Fsp3) is 0.500. The van der Waals surface area contributed by atoms with Gasteiger partial charge in [-0.25, -0.2) is 0 Å². The van der Waals surface area contributed by atoms with Crippen molar-refractivity contribution >= 4 is 17.5 Å². The zero-order valence-corrected chi connectivity index (χ0v) is 12.7. The average molecular weight is 290 g/mol. The monoisotopic (exact) mass is 290 g/mol. The predicted molar refractivity (Wildman–Crippen MR) is 81.0 cm³/mol. The van der Waals surface area contributed by atoms with Gasteiger partial charge in [-0.3, -0.25) is 9.59 Å². The number of rotatable bonds is 1. The van der Waals surface area contributed by atoms with E-state index >= 15 is 0 Å². The van der Waals surface area contributed by atoms with Crippen LogP contribution in [0.15, 0.2) is 24.3 Å². The SMILES string of the molecule is CC(C)(C)c1ccccc1NC(=O)C(=O)N1CC[C@@H](O)C1. The first-order valence-corrected chi connectivity index (χ1v) is 7.17. The number of carbonyl (C=O) groups excluding carboxylic acids is 2. The Balaban J connectivity index is 2.12. The van der Waals surface area contributed by atoms with Gasteiger partial charge in [0, 0.05) is 18.8 Å². The molecule has 0 spiro atoms. The molecular formula is C16H22N2O3. The van der Waals surface area contributed by atoms with E-state index in [4.69, 9.17) is 0 Å². The zero-order chi connectivity index (χ0) is 15.6. The van der Waals surface area contributed by atoms with Crippen LogP contribution in [0.4, 0.5) is 5.69 Å². The molecule has 5 nitrogen and oxygen atoms in total. The molecule has 0 radical (unpaired) electrons. The third kappa shape index (κ3) is 3.61. The van der Waals surface area contributed by atoms with E-state index in [1.165, 1.54) is 4.90 Å². The maximum Gasteiger partial charge on any atom is 0.313 e. The van der Waals surface area contributed by atoms with Crippen LogP contribution in [0.3, 0.4) is 0 Å². The lowest BCUT2D eigenvalue weighted by atomic mass is 9.86. The van der Waals surface area contributed by atoms with Gasteiger partial charge in [-0.15, -0.1) is 0 Å². The van der Waals surface area contributed by atoms with E-state index < -0.39 is 17.9 Å². The molecule has 2 N–H and O–H groups in total. The fourth-order valence-electron chi connectivity index (χ4n) is 2.49. The highest BCUT2D eigenvalue weighted by Crippen LogP contribution is 2.29. The summed E-state index contributed by atoms with van der Waals surface area (Å²) in [4.78, 5) is 25.5. The Labute approximate surface area is 125 Å². The topological polar surface area (TPSA) is 69.6 Å². The Kier molecular flexibility index (Phi) is 4.32. The summed E-state index contributed by atoms with van der Waals surface area (Å²) in [6.07, 6.45) is 0.000961. The molecule has 5 heteroatoms. The van der Waals surface area contributed by atoms with E-state index in [0.717, 1.165) is 5.56 Å². The van der Waals surface area contributed by atoms with Gasteiger partial charge in [-0.2, -0.15) is 0 Å². The van der Waals surface area contributed by atoms with Crippen LogP contribution >= 0.6 is 0 Å². The summed E-state index contributed by atoms with van der Waals surface area (Å²) in [6, 6.07) is 7.48. The van der Waals surface area contributed by atoms with Gasteiger partial charge >= 0.3 is 11.8 Å². The first-order valence-electron chi connectivity index (χ1n) is 7.17. The second-order valence-corrected chi connectivity index (χ2v) is 6.44. The van der Waals surface area contributed by atoms with Crippen LogP contribution in [0, 0.1) is 0 Å². The van der Waals surface area contributed by atoms with Crippen LogP contribution in [0.1, 0.15) is 32.8 Å². The minimum atomic E-state index is -0.652. The van der Waals surface area contributed by atoms with Gasteiger partial charge in [-0.05, 0) is 23.5 Å². The molecule has 1 aliphatic heterocycles. The molecular weight excluding hydrogens is 268 g/mol. The van der Waals surface area contributed by atoms with Crippen LogP contribution < -0.4 is 5.32 Å². The molecule has 1 heterocycles. The first kappa shape index (κ1) is 15.5. The van der Waals surface area contributed by atoms with Crippen molar-refractivity contribution in [2.24, 2.45) is 0 Å². The molecule has 1 fully saturated rings. The van der Waals surface area contributed by atoms with E-state index in [1.54, 1.807) is 6.07 Å². The Hall–Kier alpha value is -1.88. The second kappa shape index (κ2) is 5.85. The molecule has 0 aromatic heterocycles. The Bertz CT molecular complexity index is 549. The lowest BCUT2D eigenvalue weighted by Gasteiger charge is -2.23. The smallest absolute Gasteiger partial charge is 0.313 e. The molecule has 1 saturated heterocycles. The van der Waals surface area contributed by atoms with Crippen molar-refractivity contribution in [3.63, 3.8) is 0 Å². The third-order valence-corrected chi connectivity index (χ3v) is 3.63. The van der Waals surface area contributed by atoms with Gasteiger partial charge in [0.2, 0.25) is 0 Å². The molecule has 1 aromatic carbocycles. The lowest BCUT2D eigenvalue weighted by molar-refractivity contribution is -0.142. The number of benzene rings is 1. The number of β-amino-alcohol motifs (C(OH)–C–C–N with tert-alkyl or cyclic N) is 1. The van der Waals surface area contributed by atoms with Crippen LogP contribution in [0.25, 0.3) is 0 Å². The van der Waals surface area contributed by atoms with E-state index in [-0.39, 0.29) is 12.0 Å². The molecule has 0 unspecified atom stereocenters. The molecule has 0 bridgehead atoms. The quantitative estimate of drug-likeness (QED) is 0.770. The van der Waals surface area contributed by atoms with E-state index in [0.29, 0.717) is 18.7 Å². The normalized spacial score (nSPS) is 18.7. The molecule has 2 rings (SSSR count). The number of likely N-dealkylation sites (tertiary alicyclic amines) is 1. The van der Waals surface area contributed by atoms with Crippen molar-refractivity contribution in [3.8, 4) is 0 Å². The van der Waals surface area contributed by atoms with Crippen molar-refractivity contribution in [1.29, 1.82) is 0 Å². The number of nitrogens with zero attached hydrogens (tertiary/aromatic N) is 1. The summed E-state index contributed by atoms with van der Waals surface area (Å²) in [5.41, 5.74) is 1.51. The number of hydrogen-bond donors (Lipinski definition) is 2. The average Bonchev–Trinajstić information content (AvgIpc) is 2.84. The molecule has 0 saturated carbocycles. The zero-order valence-electron chi connectivity index (χ0n) is 12.7. The molecule has 0 aliphatic carbocycles. The maximum atomic E-state index is 12.1. The van der Waals surface area contributed by atoms with Crippen molar-refractivity contribution in [2.75, 3.05) is 18.4 Å². The van der Waals surface area contributed by atoms with Gasteiger partial charge in [0.15, 0.2) is 0 Å². The van der Waals surface area contributed by atoms with Crippen molar-refractivity contribution in [3.05, 3.63) is 29.8 Å². The number of hydrogen-bond acceptors (Lipinski definition) is 3. The van der Waals surface area contributed by atoms with E-state index in [2.05, 4.69) is 26.1 Å². The Morgan fingerprint density at radius 3 is 2.52 bits per heavy atom. The molecule has 114 valence electrons. The summed E-state index contributed by atoms with van der Waals surface area (Å²) in [5, 5.41) is 12.1. The van der Waals surface area contributed by atoms with Gasteiger partial charge in [-0.1, -0.05) is 39.0 Å². The van der Waals surface area contributed by atoms with Crippen molar-refractivity contribution in [2.45, 2.75) is 38.7 Å². The fourth-order valence-corrected chi connectivity index (χ4v) is 2.49. The highest BCUT2D eigenvalue weighted by molar-refractivity contribution is 6.39. The number of aliphatic hydroxyl groups excluding tert-OH is 1. The number of anilines is 1. The highest BCUT2D eigenvalue weighted by Gasteiger charge is 2.29. The van der Waals surface area contributed by atoms with Crippen LogP contribution in [0.5, 0.6) is 0 Å². The van der Waals surface area contributed by atoms with Gasteiger partial charge in [0.1, 0.15) is 0 Å². The van der Waals surface area contributed by atoms with E-state index in [1.807, 2.05) is 18.2 Å². The van der Waals surface area contributed by atoms with Gasteiger partial charge < -0.3 is 15.3 Å². The number of para-hydroxylation sites is 1. The third-order valence-electron chi connectivity index (χ3n) is 3.63.